The molecule has 2 heterocycles. The number of H-pyrrole nitrogens is 1. The summed E-state index contributed by atoms with van der Waals surface area (Å²) >= 11 is 10.00. The molecule has 0 saturated carbocycles. The Bertz CT molecular complexity index is 1470. The van der Waals surface area contributed by atoms with Crippen molar-refractivity contribution >= 4 is 61.0 Å². The van der Waals surface area contributed by atoms with E-state index in [0.717, 1.165) is 32.1 Å². The average Bonchev–Trinajstić information content (AvgIpc) is 3.22. The minimum Gasteiger partial charge on any atom is -0.497 e. The molecular weight excluding hydrogens is 494 g/mol. The third-order valence-electron chi connectivity index (χ3n) is 5.06. The lowest BCUT2D eigenvalue weighted by Gasteiger charge is -2.13. The Balaban J connectivity index is 1.57. The molecule has 2 aromatic heterocycles. The lowest BCUT2D eigenvalue weighted by Crippen LogP contribution is -1.99. The van der Waals surface area contributed by atoms with E-state index in [1.807, 2.05) is 42.5 Å². The first-order valence-electron chi connectivity index (χ1n) is 9.64. The Morgan fingerprint density at radius 1 is 1.00 bits per heavy atom. The summed E-state index contributed by atoms with van der Waals surface area (Å²) in [5, 5.41) is 4.72. The molecule has 0 spiro atoms. The number of hydrogen-bond acceptors (Lipinski definition) is 6. The molecule has 7 nitrogen and oxygen atoms in total. The van der Waals surface area contributed by atoms with Gasteiger partial charge < -0.3 is 19.8 Å². The van der Waals surface area contributed by atoms with E-state index in [0.29, 0.717) is 33.7 Å². The highest BCUT2D eigenvalue weighted by Crippen LogP contribution is 2.35. The number of imidazole rings is 1. The van der Waals surface area contributed by atoms with Gasteiger partial charge in [0.2, 0.25) is 0 Å². The van der Waals surface area contributed by atoms with E-state index in [2.05, 4.69) is 41.2 Å². The van der Waals surface area contributed by atoms with Gasteiger partial charge in [0.15, 0.2) is 0 Å². The van der Waals surface area contributed by atoms with Crippen molar-refractivity contribution < 1.29 is 9.47 Å². The number of nitrogens with one attached hydrogen (secondary N) is 2. The molecule has 0 aliphatic rings. The van der Waals surface area contributed by atoms with E-state index < -0.39 is 0 Å². The number of ether oxygens (including phenoxy) is 2. The molecule has 0 aliphatic carbocycles. The summed E-state index contributed by atoms with van der Waals surface area (Å²) in [7, 11) is 3.20. The van der Waals surface area contributed by atoms with Crippen molar-refractivity contribution in [3.8, 4) is 22.9 Å². The van der Waals surface area contributed by atoms with E-state index in [9.17, 15) is 0 Å². The normalized spacial score (nSPS) is 11.1. The number of methoxy groups -OCH3 is 2. The first-order chi connectivity index (χ1) is 15.6. The fraction of sp³-hybridized carbons (Fsp3) is 0.0870. The minimum atomic E-state index is 0.588. The Labute approximate surface area is 196 Å². The molecule has 0 bridgehead atoms. The molecule has 2 N–H and O–H groups in total. The maximum Gasteiger partial charge on any atom is 0.148 e. The molecule has 0 radical (unpaired) electrons. The number of hydrogen-bond donors (Lipinski definition) is 2. The molecule has 0 saturated heterocycles. The lowest BCUT2D eigenvalue weighted by atomic mass is 10.1. The second-order valence-corrected chi connectivity index (χ2v) is 8.34. The van der Waals surface area contributed by atoms with Crippen molar-refractivity contribution in [2.24, 2.45) is 0 Å². The van der Waals surface area contributed by atoms with Gasteiger partial charge in [0.1, 0.15) is 35.0 Å². The van der Waals surface area contributed by atoms with Crippen molar-refractivity contribution in [1.82, 2.24) is 19.9 Å². The van der Waals surface area contributed by atoms with E-state index in [1.54, 1.807) is 20.3 Å². The topological polar surface area (TPSA) is 84.9 Å². The minimum absolute atomic E-state index is 0.588. The predicted octanol–water partition coefficient (Wildman–Crippen LogP) is 6.35. The first kappa shape index (κ1) is 20.5. The largest absolute Gasteiger partial charge is 0.497 e. The van der Waals surface area contributed by atoms with Gasteiger partial charge in [-0.05, 0) is 42.5 Å². The van der Waals surface area contributed by atoms with Crippen LogP contribution in [0.3, 0.4) is 0 Å². The SMILES string of the molecule is COc1cc(OC)c2ncnc(Nc3ccc(Cl)c(-c4nc5ccc(Br)cc5[nH]4)c3)c2c1. The van der Waals surface area contributed by atoms with Crippen molar-refractivity contribution in [3.63, 3.8) is 0 Å². The summed E-state index contributed by atoms with van der Waals surface area (Å²) in [5.74, 6) is 2.56. The van der Waals surface area contributed by atoms with Gasteiger partial charge in [-0.15, -0.1) is 0 Å². The molecule has 32 heavy (non-hydrogen) atoms. The summed E-state index contributed by atoms with van der Waals surface area (Å²) in [5.41, 5.74) is 4.04. The summed E-state index contributed by atoms with van der Waals surface area (Å²) in [4.78, 5) is 16.8. The predicted molar refractivity (Wildman–Crippen MR) is 130 cm³/mol. The average molecular weight is 511 g/mol. The standard InChI is InChI=1S/C23H17BrClN5O2/c1-31-14-9-16-21(20(10-14)32-2)26-11-27-22(16)28-13-4-5-17(25)15(8-13)23-29-18-6-3-12(24)7-19(18)30-23/h3-11H,1-2H3,(H,29,30)(H,26,27,28). The van der Waals surface area contributed by atoms with E-state index >= 15 is 0 Å². The third-order valence-corrected chi connectivity index (χ3v) is 5.88. The maximum atomic E-state index is 6.51. The number of anilines is 2. The van der Waals surface area contributed by atoms with Crippen LogP contribution in [0.25, 0.3) is 33.3 Å². The Hall–Kier alpha value is -3.36. The quantitative estimate of drug-likeness (QED) is 0.287. The van der Waals surface area contributed by atoms with Crippen LogP contribution in [0.1, 0.15) is 0 Å². The number of rotatable bonds is 5. The molecule has 0 amide bonds. The molecule has 0 unspecified atom stereocenters. The molecule has 5 rings (SSSR count). The van der Waals surface area contributed by atoms with E-state index in [4.69, 9.17) is 21.1 Å². The Morgan fingerprint density at radius 3 is 2.69 bits per heavy atom. The molecule has 0 fully saturated rings. The van der Waals surface area contributed by atoms with E-state index in [1.165, 1.54) is 6.33 Å². The van der Waals surface area contributed by atoms with Crippen LogP contribution in [0, 0.1) is 0 Å². The number of benzene rings is 3. The number of fused-ring (bicyclic) bond motifs is 2. The Kier molecular flexibility index (Phi) is 5.32. The zero-order chi connectivity index (χ0) is 22.2. The maximum absolute atomic E-state index is 6.51. The number of nitrogens with zero attached hydrogens (tertiary/aromatic N) is 3. The lowest BCUT2D eigenvalue weighted by molar-refractivity contribution is 0.397. The van der Waals surface area contributed by atoms with Gasteiger partial charge in [-0.25, -0.2) is 15.0 Å². The van der Waals surface area contributed by atoms with Gasteiger partial charge in [0.05, 0.1) is 35.7 Å². The van der Waals surface area contributed by atoms with Crippen LogP contribution in [0.4, 0.5) is 11.5 Å². The summed E-state index contributed by atoms with van der Waals surface area (Å²) in [6.07, 6.45) is 1.49. The van der Waals surface area contributed by atoms with Crippen LogP contribution in [0.15, 0.2) is 59.3 Å². The Morgan fingerprint density at radius 2 is 1.88 bits per heavy atom. The van der Waals surface area contributed by atoms with Gasteiger partial charge in [-0.2, -0.15) is 0 Å². The van der Waals surface area contributed by atoms with Crippen LogP contribution in [-0.2, 0) is 0 Å². The van der Waals surface area contributed by atoms with Gasteiger partial charge in [-0.1, -0.05) is 27.5 Å². The molecule has 5 aromatic rings. The van der Waals surface area contributed by atoms with Crippen LogP contribution in [-0.4, -0.2) is 34.2 Å². The zero-order valence-electron chi connectivity index (χ0n) is 17.1. The van der Waals surface area contributed by atoms with Crippen molar-refractivity contribution in [2.75, 3.05) is 19.5 Å². The van der Waals surface area contributed by atoms with Crippen LogP contribution in [0.5, 0.6) is 11.5 Å². The van der Waals surface area contributed by atoms with Crippen LogP contribution < -0.4 is 14.8 Å². The second-order valence-electron chi connectivity index (χ2n) is 7.01. The highest BCUT2D eigenvalue weighted by Gasteiger charge is 2.14. The summed E-state index contributed by atoms with van der Waals surface area (Å²) in [6, 6.07) is 15.2. The van der Waals surface area contributed by atoms with Crippen molar-refractivity contribution in [3.05, 3.63) is 64.4 Å². The van der Waals surface area contributed by atoms with Gasteiger partial charge in [0.25, 0.3) is 0 Å². The number of aromatic amines is 1. The van der Waals surface area contributed by atoms with E-state index in [-0.39, 0.29) is 0 Å². The fourth-order valence-electron chi connectivity index (χ4n) is 3.51. The highest BCUT2D eigenvalue weighted by atomic mass is 79.9. The molecule has 0 atom stereocenters. The van der Waals surface area contributed by atoms with Crippen molar-refractivity contribution in [1.29, 1.82) is 0 Å². The van der Waals surface area contributed by atoms with Crippen LogP contribution in [0.2, 0.25) is 5.02 Å². The van der Waals surface area contributed by atoms with Crippen LogP contribution >= 0.6 is 27.5 Å². The highest BCUT2D eigenvalue weighted by molar-refractivity contribution is 9.10. The molecule has 3 aromatic carbocycles. The van der Waals surface area contributed by atoms with Gasteiger partial charge in [0, 0.05) is 21.8 Å². The fourth-order valence-corrected chi connectivity index (χ4v) is 4.08. The third kappa shape index (κ3) is 3.72. The number of halogens is 2. The van der Waals surface area contributed by atoms with Gasteiger partial charge >= 0.3 is 0 Å². The summed E-state index contributed by atoms with van der Waals surface area (Å²) < 4.78 is 11.9. The summed E-state index contributed by atoms with van der Waals surface area (Å²) in [6.45, 7) is 0. The van der Waals surface area contributed by atoms with Crippen molar-refractivity contribution in [2.45, 2.75) is 0 Å². The second kappa shape index (κ2) is 8.29. The zero-order valence-corrected chi connectivity index (χ0v) is 19.5. The molecule has 9 heteroatoms. The monoisotopic (exact) mass is 509 g/mol. The first-order valence-corrected chi connectivity index (χ1v) is 10.8. The number of aromatic nitrogens is 4. The smallest absolute Gasteiger partial charge is 0.148 e. The molecular formula is C23H17BrClN5O2. The molecule has 0 aliphatic heterocycles. The molecule has 160 valence electrons. The van der Waals surface area contributed by atoms with Gasteiger partial charge in [-0.3, -0.25) is 0 Å².